The lowest BCUT2D eigenvalue weighted by molar-refractivity contribution is 0.569. The van der Waals surface area contributed by atoms with Crippen LogP contribution in [0.4, 0.5) is 0 Å². The summed E-state index contributed by atoms with van der Waals surface area (Å²) < 4.78 is 0.824. The van der Waals surface area contributed by atoms with Crippen molar-refractivity contribution in [3.05, 3.63) is 56.2 Å². The molecule has 0 saturated heterocycles. The first-order valence-corrected chi connectivity index (χ1v) is 7.39. The summed E-state index contributed by atoms with van der Waals surface area (Å²) in [7, 11) is 0. The van der Waals surface area contributed by atoms with E-state index in [-0.39, 0.29) is 12.0 Å². The zero-order valence-electron chi connectivity index (χ0n) is 10.1. The molecule has 18 heavy (non-hydrogen) atoms. The van der Waals surface area contributed by atoms with Gasteiger partial charge in [0.25, 0.3) is 0 Å². The second-order valence-corrected chi connectivity index (χ2v) is 6.66. The third-order valence-corrected chi connectivity index (χ3v) is 4.49. The van der Waals surface area contributed by atoms with Crippen molar-refractivity contribution in [2.45, 2.75) is 25.3 Å². The van der Waals surface area contributed by atoms with Gasteiger partial charge in [0.2, 0.25) is 0 Å². The summed E-state index contributed by atoms with van der Waals surface area (Å²) in [5.41, 5.74) is 7.32. The normalized spacial score (nSPS) is 14.4. The van der Waals surface area contributed by atoms with Crippen LogP contribution >= 0.6 is 34.5 Å². The van der Waals surface area contributed by atoms with Crippen LogP contribution in [0.5, 0.6) is 0 Å². The van der Waals surface area contributed by atoms with Gasteiger partial charge in [-0.2, -0.15) is 0 Å². The van der Waals surface area contributed by atoms with Crippen molar-refractivity contribution in [3.8, 4) is 0 Å². The molecule has 0 fully saturated rings. The van der Waals surface area contributed by atoms with Gasteiger partial charge in [-0.25, -0.2) is 0 Å². The topological polar surface area (TPSA) is 26.0 Å². The molecule has 0 aliphatic carbocycles. The smallest absolute Gasteiger partial charge is 0.0931 e. The minimum absolute atomic E-state index is 0.0899. The number of benzene rings is 1. The Hall–Kier alpha value is -0.540. The van der Waals surface area contributed by atoms with Crippen LogP contribution in [-0.4, -0.2) is 6.04 Å². The predicted molar refractivity (Wildman–Crippen MR) is 80.9 cm³/mol. The fourth-order valence-electron chi connectivity index (χ4n) is 2.00. The third-order valence-electron chi connectivity index (χ3n) is 2.98. The molecule has 0 spiro atoms. The first-order chi connectivity index (χ1) is 8.56. The molecule has 2 aromatic rings. The van der Waals surface area contributed by atoms with Crippen molar-refractivity contribution in [2.24, 2.45) is 5.73 Å². The highest BCUT2D eigenvalue weighted by Gasteiger charge is 2.17. The van der Waals surface area contributed by atoms with E-state index in [0.29, 0.717) is 0 Å². The maximum Gasteiger partial charge on any atom is 0.0931 e. The Balaban J connectivity index is 2.20. The first-order valence-electron chi connectivity index (χ1n) is 5.81. The van der Waals surface area contributed by atoms with Crippen LogP contribution in [0.1, 0.15) is 23.3 Å². The van der Waals surface area contributed by atoms with Crippen LogP contribution in [0.25, 0.3) is 0 Å². The Morgan fingerprint density at radius 2 is 1.78 bits per heavy atom. The van der Waals surface area contributed by atoms with Crippen LogP contribution in [0, 0.1) is 0 Å². The van der Waals surface area contributed by atoms with Gasteiger partial charge in [-0.3, -0.25) is 0 Å². The molecule has 0 amide bonds. The standard InChI is InChI=1S/C14H15Cl2NS/c1-9(17)13(8-12-6-7-14(16)18-12)10-2-4-11(15)5-3-10/h2-7,9,13H,8,17H2,1H3. The average molecular weight is 300 g/mol. The fraction of sp³-hybridized carbons (Fsp3) is 0.286. The Labute approximate surface area is 122 Å². The molecule has 0 aliphatic rings. The summed E-state index contributed by atoms with van der Waals surface area (Å²) in [5, 5.41) is 0.751. The van der Waals surface area contributed by atoms with Crippen molar-refractivity contribution >= 4 is 34.5 Å². The lowest BCUT2D eigenvalue weighted by atomic mass is 9.89. The highest BCUT2D eigenvalue weighted by Crippen LogP contribution is 2.29. The second kappa shape index (κ2) is 6.07. The number of hydrogen-bond acceptors (Lipinski definition) is 2. The number of nitrogens with two attached hydrogens (primary N) is 1. The van der Waals surface area contributed by atoms with Gasteiger partial charge in [0, 0.05) is 21.9 Å². The van der Waals surface area contributed by atoms with Gasteiger partial charge in [-0.15, -0.1) is 11.3 Å². The van der Waals surface area contributed by atoms with Gasteiger partial charge in [0.05, 0.1) is 4.34 Å². The Morgan fingerprint density at radius 3 is 2.28 bits per heavy atom. The van der Waals surface area contributed by atoms with E-state index in [9.17, 15) is 0 Å². The van der Waals surface area contributed by atoms with E-state index >= 15 is 0 Å². The van der Waals surface area contributed by atoms with Crippen LogP contribution < -0.4 is 5.73 Å². The van der Waals surface area contributed by atoms with Gasteiger partial charge < -0.3 is 5.73 Å². The molecule has 1 aromatic heterocycles. The van der Waals surface area contributed by atoms with Gasteiger partial charge in [-0.05, 0) is 43.2 Å². The number of thiophene rings is 1. The molecule has 1 nitrogen and oxygen atoms in total. The van der Waals surface area contributed by atoms with Crippen molar-refractivity contribution in [2.75, 3.05) is 0 Å². The summed E-state index contributed by atoms with van der Waals surface area (Å²) in [6, 6.07) is 12.0. The molecule has 2 unspecified atom stereocenters. The molecular formula is C14H15Cl2NS. The molecule has 2 N–H and O–H groups in total. The zero-order chi connectivity index (χ0) is 13.1. The molecule has 1 heterocycles. The maximum atomic E-state index is 6.10. The number of rotatable bonds is 4. The third kappa shape index (κ3) is 3.48. The summed E-state index contributed by atoms with van der Waals surface area (Å²) in [4.78, 5) is 1.26. The summed E-state index contributed by atoms with van der Waals surface area (Å²) in [6.07, 6.45) is 0.913. The second-order valence-electron chi connectivity index (χ2n) is 4.43. The fourth-order valence-corrected chi connectivity index (χ4v) is 3.27. The van der Waals surface area contributed by atoms with E-state index in [1.54, 1.807) is 11.3 Å². The van der Waals surface area contributed by atoms with Crippen molar-refractivity contribution in [1.82, 2.24) is 0 Å². The minimum Gasteiger partial charge on any atom is -0.327 e. The van der Waals surface area contributed by atoms with Gasteiger partial charge >= 0.3 is 0 Å². The molecule has 2 rings (SSSR count). The molecule has 0 radical (unpaired) electrons. The predicted octanol–water partition coefficient (Wildman–Crippen LogP) is 4.73. The van der Waals surface area contributed by atoms with E-state index < -0.39 is 0 Å². The summed E-state index contributed by atoms with van der Waals surface area (Å²) in [5.74, 6) is 0.289. The number of halogens is 2. The molecule has 4 heteroatoms. The summed E-state index contributed by atoms with van der Waals surface area (Å²) >= 11 is 13.5. The number of hydrogen-bond donors (Lipinski definition) is 1. The van der Waals surface area contributed by atoms with Crippen LogP contribution in [0.15, 0.2) is 36.4 Å². The van der Waals surface area contributed by atoms with E-state index in [0.717, 1.165) is 15.8 Å². The largest absolute Gasteiger partial charge is 0.327 e. The maximum absolute atomic E-state index is 6.10. The molecule has 0 aliphatic heterocycles. The van der Waals surface area contributed by atoms with Crippen LogP contribution in [0.2, 0.25) is 9.36 Å². The Bertz CT molecular complexity index is 505. The first kappa shape index (κ1) is 13.9. The highest BCUT2D eigenvalue weighted by atomic mass is 35.5. The van der Waals surface area contributed by atoms with Gasteiger partial charge in [0.15, 0.2) is 0 Å². The van der Waals surface area contributed by atoms with Crippen molar-refractivity contribution in [3.63, 3.8) is 0 Å². The molecule has 0 bridgehead atoms. The van der Waals surface area contributed by atoms with E-state index in [1.165, 1.54) is 10.4 Å². The van der Waals surface area contributed by atoms with E-state index in [1.807, 2.05) is 37.3 Å². The van der Waals surface area contributed by atoms with Gasteiger partial charge in [-0.1, -0.05) is 35.3 Å². The Morgan fingerprint density at radius 1 is 1.11 bits per heavy atom. The lowest BCUT2D eigenvalue weighted by Crippen LogP contribution is -2.26. The Kier molecular flexibility index (Phi) is 4.68. The molecule has 96 valence electrons. The SMILES string of the molecule is CC(N)C(Cc1ccc(Cl)s1)c1ccc(Cl)cc1. The molecule has 2 atom stereocenters. The lowest BCUT2D eigenvalue weighted by Gasteiger charge is -2.20. The van der Waals surface area contributed by atoms with E-state index in [2.05, 4.69) is 6.07 Å². The van der Waals surface area contributed by atoms with Crippen LogP contribution in [-0.2, 0) is 6.42 Å². The molecule has 0 saturated carbocycles. The van der Waals surface area contributed by atoms with Gasteiger partial charge in [0.1, 0.15) is 0 Å². The zero-order valence-corrected chi connectivity index (χ0v) is 12.4. The van der Waals surface area contributed by atoms with Crippen molar-refractivity contribution in [1.29, 1.82) is 0 Å². The van der Waals surface area contributed by atoms with Crippen LogP contribution in [0.3, 0.4) is 0 Å². The summed E-state index contributed by atoms with van der Waals surface area (Å²) in [6.45, 7) is 2.04. The monoisotopic (exact) mass is 299 g/mol. The molecule has 1 aromatic carbocycles. The quantitative estimate of drug-likeness (QED) is 0.868. The molecular weight excluding hydrogens is 285 g/mol. The minimum atomic E-state index is 0.0899. The highest BCUT2D eigenvalue weighted by molar-refractivity contribution is 7.16. The van der Waals surface area contributed by atoms with E-state index in [4.69, 9.17) is 28.9 Å². The van der Waals surface area contributed by atoms with Crippen molar-refractivity contribution < 1.29 is 0 Å². The average Bonchev–Trinajstić information content (AvgIpc) is 2.73.